The third-order valence-corrected chi connectivity index (χ3v) is 5.44. The van der Waals surface area contributed by atoms with Crippen molar-refractivity contribution in [1.82, 2.24) is 10.3 Å². The molecule has 1 aromatic heterocycles. The molecule has 2 rings (SSSR count). The van der Waals surface area contributed by atoms with Crippen molar-refractivity contribution in [3.63, 3.8) is 0 Å². The van der Waals surface area contributed by atoms with Crippen molar-refractivity contribution < 1.29 is 4.79 Å². The minimum atomic E-state index is -0.0848. The molecule has 1 aliphatic carbocycles. The van der Waals surface area contributed by atoms with E-state index < -0.39 is 0 Å². The Hall–Kier alpha value is -0.420. The van der Waals surface area contributed by atoms with Crippen LogP contribution in [0, 0.1) is 5.41 Å². The molecule has 0 saturated heterocycles. The van der Waals surface area contributed by atoms with E-state index in [1.807, 2.05) is 6.07 Å². The fourth-order valence-corrected chi connectivity index (χ4v) is 3.52. The highest BCUT2D eigenvalue weighted by Crippen LogP contribution is 2.37. The van der Waals surface area contributed by atoms with Gasteiger partial charge in [-0.3, -0.25) is 4.79 Å². The summed E-state index contributed by atoms with van der Waals surface area (Å²) < 4.78 is 0.883. The van der Waals surface area contributed by atoms with Crippen LogP contribution in [0.1, 0.15) is 42.6 Å². The Kier molecular flexibility index (Phi) is 5.39. The SMILES string of the molecule is O=C(NCC1(CBr)CCCCC1)c1ccc(Br)cn1. The van der Waals surface area contributed by atoms with E-state index in [1.165, 1.54) is 32.1 Å². The van der Waals surface area contributed by atoms with Crippen LogP contribution in [-0.2, 0) is 0 Å². The Morgan fingerprint density at radius 2 is 2.05 bits per heavy atom. The van der Waals surface area contributed by atoms with Gasteiger partial charge in [-0.25, -0.2) is 4.98 Å². The van der Waals surface area contributed by atoms with Gasteiger partial charge in [0.15, 0.2) is 0 Å². The Labute approximate surface area is 130 Å². The minimum absolute atomic E-state index is 0.0848. The van der Waals surface area contributed by atoms with Crippen molar-refractivity contribution >= 4 is 37.8 Å². The van der Waals surface area contributed by atoms with Crippen LogP contribution in [0.4, 0.5) is 0 Å². The van der Waals surface area contributed by atoms with Gasteiger partial charge in [0.2, 0.25) is 0 Å². The smallest absolute Gasteiger partial charge is 0.269 e. The predicted octanol–water partition coefficient (Wildman–Crippen LogP) is 3.92. The number of carbonyl (C=O) groups excluding carboxylic acids is 1. The van der Waals surface area contributed by atoms with Gasteiger partial charge in [-0.1, -0.05) is 35.2 Å². The Bertz CT molecular complexity index is 428. The van der Waals surface area contributed by atoms with Gasteiger partial charge in [0.25, 0.3) is 5.91 Å². The van der Waals surface area contributed by atoms with Gasteiger partial charge in [-0.15, -0.1) is 0 Å². The summed E-state index contributed by atoms with van der Waals surface area (Å²) in [4.78, 5) is 16.2. The van der Waals surface area contributed by atoms with E-state index in [0.717, 1.165) is 16.3 Å². The maximum Gasteiger partial charge on any atom is 0.269 e. The highest BCUT2D eigenvalue weighted by molar-refractivity contribution is 9.10. The molecule has 0 aliphatic heterocycles. The lowest BCUT2D eigenvalue weighted by Crippen LogP contribution is -2.40. The molecular formula is C14H18Br2N2O. The highest BCUT2D eigenvalue weighted by Gasteiger charge is 2.31. The number of halogens is 2. The molecule has 1 aromatic rings. The van der Waals surface area contributed by atoms with E-state index in [2.05, 4.69) is 42.2 Å². The fraction of sp³-hybridized carbons (Fsp3) is 0.571. The summed E-state index contributed by atoms with van der Waals surface area (Å²) in [6.07, 6.45) is 7.86. The molecule has 0 atom stereocenters. The largest absolute Gasteiger partial charge is 0.350 e. The fourth-order valence-electron chi connectivity index (χ4n) is 2.53. The predicted molar refractivity (Wildman–Crippen MR) is 83.6 cm³/mol. The molecule has 1 fully saturated rings. The molecule has 1 aliphatic rings. The maximum atomic E-state index is 12.1. The molecule has 0 unspecified atom stereocenters. The van der Waals surface area contributed by atoms with Crippen LogP contribution in [0.5, 0.6) is 0 Å². The van der Waals surface area contributed by atoms with Crippen LogP contribution in [0.3, 0.4) is 0 Å². The minimum Gasteiger partial charge on any atom is -0.350 e. The van der Waals surface area contributed by atoms with E-state index >= 15 is 0 Å². The molecule has 1 amide bonds. The first kappa shape index (κ1) is 15.0. The van der Waals surface area contributed by atoms with E-state index in [4.69, 9.17) is 0 Å². The van der Waals surface area contributed by atoms with Crippen LogP contribution < -0.4 is 5.32 Å². The zero-order chi connectivity index (χ0) is 13.7. The second-order valence-corrected chi connectivity index (χ2v) is 6.72. The average molecular weight is 390 g/mol. The number of amides is 1. The van der Waals surface area contributed by atoms with Crippen molar-refractivity contribution in [3.05, 3.63) is 28.5 Å². The summed E-state index contributed by atoms with van der Waals surface area (Å²) >= 11 is 6.93. The standard InChI is InChI=1S/C14H18Br2N2O/c15-9-14(6-2-1-3-7-14)10-18-13(19)12-5-4-11(16)8-17-12/h4-5,8H,1-3,6-7,9-10H2,(H,18,19). The molecule has 5 heteroatoms. The molecular weight excluding hydrogens is 372 g/mol. The monoisotopic (exact) mass is 388 g/mol. The number of nitrogens with one attached hydrogen (secondary N) is 1. The van der Waals surface area contributed by atoms with Crippen LogP contribution >= 0.6 is 31.9 Å². The Morgan fingerprint density at radius 1 is 1.32 bits per heavy atom. The van der Waals surface area contributed by atoms with Gasteiger partial charge in [0, 0.05) is 22.5 Å². The number of alkyl halides is 1. The van der Waals surface area contributed by atoms with Gasteiger partial charge < -0.3 is 5.32 Å². The molecule has 1 saturated carbocycles. The average Bonchev–Trinajstić information content (AvgIpc) is 2.46. The number of hydrogen-bond acceptors (Lipinski definition) is 2. The zero-order valence-electron chi connectivity index (χ0n) is 10.8. The lowest BCUT2D eigenvalue weighted by molar-refractivity contribution is 0.0917. The van der Waals surface area contributed by atoms with Gasteiger partial charge in [-0.2, -0.15) is 0 Å². The number of rotatable bonds is 4. The molecule has 3 nitrogen and oxygen atoms in total. The van der Waals surface area contributed by atoms with Gasteiger partial charge >= 0.3 is 0 Å². The van der Waals surface area contributed by atoms with E-state index in [0.29, 0.717) is 5.69 Å². The number of nitrogens with zero attached hydrogens (tertiary/aromatic N) is 1. The van der Waals surface area contributed by atoms with E-state index in [-0.39, 0.29) is 11.3 Å². The number of pyridine rings is 1. The topological polar surface area (TPSA) is 42.0 Å². The lowest BCUT2D eigenvalue weighted by atomic mass is 9.75. The molecule has 0 radical (unpaired) electrons. The zero-order valence-corrected chi connectivity index (χ0v) is 14.0. The number of hydrogen-bond donors (Lipinski definition) is 1. The van der Waals surface area contributed by atoms with Crippen molar-refractivity contribution in [3.8, 4) is 0 Å². The normalized spacial score (nSPS) is 18.0. The third kappa shape index (κ3) is 4.02. The molecule has 0 aromatic carbocycles. The first-order chi connectivity index (χ1) is 9.15. The maximum absolute atomic E-state index is 12.1. The van der Waals surface area contributed by atoms with Crippen molar-refractivity contribution in [1.29, 1.82) is 0 Å². The Morgan fingerprint density at radius 3 is 2.63 bits per heavy atom. The first-order valence-electron chi connectivity index (χ1n) is 6.61. The molecule has 104 valence electrons. The summed E-state index contributed by atoms with van der Waals surface area (Å²) in [6.45, 7) is 0.731. The van der Waals surface area contributed by atoms with E-state index in [9.17, 15) is 4.79 Å². The summed E-state index contributed by atoms with van der Waals surface area (Å²) in [7, 11) is 0. The van der Waals surface area contributed by atoms with E-state index in [1.54, 1.807) is 12.3 Å². The quantitative estimate of drug-likeness (QED) is 0.793. The van der Waals surface area contributed by atoms with Gasteiger partial charge in [0.1, 0.15) is 5.69 Å². The molecule has 0 spiro atoms. The highest BCUT2D eigenvalue weighted by atomic mass is 79.9. The Balaban J connectivity index is 1.93. The molecule has 1 heterocycles. The van der Waals surface area contributed by atoms with Gasteiger partial charge in [-0.05, 0) is 46.3 Å². The number of carbonyl (C=O) groups is 1. The molecule has 1 N–H and O–H groups in total. The first-order valence-corrected chi connectivity index (χ1v) is 8.52. The summed E-state index contributed by atoms with van der Waals surface area (Å²) in [5.41, 5.74) is 0.701. The summed E-state index contributed by atoms with van der Waals surface area (Å²) in [5.74, 6) is -0.0848. The summed E-state index contributed by atoms with van der Waals surface area (Å²) in [6, 6.07) is 3.57. The lowest BCUT2D eigenvalue weighted by Gasteiger charge is -2.35. The van der Waals surface area contributed by atoms with Crippen molar-refractivity contribution in [2.75, 3.05) is 11.9 Å². The van der Waals surface area contributed by atoms with Crippen LogP contribution in [0.2, 0.25) is 0 Å². The van der Waals surface area contributed by atoms with Gasteiger partial charge in [0.05, 0.1) is 0 Å². The third-order valence-electron chi connectivity index (χ3n) is 3.78. The van der Waals surface area contributed by atoms with Crippen LogP contribution in [-0.4, -0.2) is 22.8 Å². The number of aromatic nitrogens is 1. The second-order valence-electron chi connectivity index (χ2n) is 5.24. The molecule has 19 heavy (non-hydrogen) atoms. The summed E-state index contributed by atoms with van der Waals surface area (Å²) in [5, 5.41) is 3.99. The van der Waals surface area contributed by atoms with Crippen LogP contribution in [0.15, 0.2) is 22.8 Å². The second kappa shape index (κ2) is 6.84. The van der Waals surface area contributed by atoms with Crippen molar-refractivity contribution in [2.24, 2.45) is 5.41 Å². The van der Waals surface area contributed by atoms with Crippen molar-refractivity contribution in [2.45, 2.75) is 32.1 Å². The molecule has 0 bridgehead atoms. The van der Waals surface area contributed by atoms with Crippen LogP contribution in [0.25, 0.3) is 0 Å².